The molecule has 0 aliphatic rings. The standard InChI is InChI=1S/C9H17N3O/c1-7(2)3-8(5-10)4-9(13)12-6-11/h7-8H,3-5,10H2,1-2H3,(H,12,13). The Balaban J connectivity index is 3.84. The van der Waals surface area contributed by atoms with Crippen molar-refractivity contribution in [2.24, 2.45) is 17.6 Å². The summed E-state index contributed by atoms with van der Waals surface area (Å²) in [6.07, 6.45) is 2.89. The molecule has 0 rings (SSSR count). The molecule has 0 aromatic heterocycles. The zero-order valence-electron chi connectivity index (χ0n) is 8.21. The molecular formula is C9H17N3O. The van der Waals surface area contributed by atoms with Crippen molar-refractivity contribution >= 4 is 5.91 Å². The summed E-state index contributed by atoms with van der Waals surface area (Å²) in [7, 11) is 0. The second kappa shape index (κ2) is 6.44. The second-order valence-electron chi connectivity index (χ2n) is 3.60. The number of nitrogens with zero attached hydrogens (tertiary/aromatic N) is 1. The number of nitrogens with two attached hydrogens (primary N) is 1. The minimum absolute atomic E-state index is 0.188. The molecule has 13 heavy (non-hydrogen) atoms. The number of rotatable bonds is 5. The summed E-state index contributed by atoms with van der Waals surface area (Å²) in [5.74, 6) is 0.482. The number of amides is 1. The van der Waals surface area contributed by atoms with E-state index in [0.29, 0.717) is 18.9 Å². The van der Waals surface area contributed by atoms with Gasteiger partial charge in [-0.2, -0.15) is 5.26 Å². The van der Waals surface area contributed by atoms with Crippen LogP contribution < -0.4 is 11.1 Å². The fourth-order valence-corrected chi connectivity index (χ4v) is 1.31. The molecule has 0 spiro atoms. The minimum Gasteiger partial charge on any atom is -0.330 e. The molecule has 0 aliphatic heterocycles. The lowest BCUT2D eigenvalue weighted by Crippen LogP contribution is -2.25. The lowest BCUT2D eigenvalue weighted by atomic mass is 9.94. The van der Waals surface area contributed by atoms with Gasteiger partial charge in [-0.25, -0.2) is 0 Å². The van der Waals surface area contributed by atoms with Crippen LogP contribution in [0, 0.1) is 23.3 Å². The highest BCUT2D eigenvalue weighted by atomic mass is 16.1. The van der Waals surface area contributed by atoms with Crippen LogP contribution in [0.1, 0.15) is 26.7 Å². The Morgan fingerprint density at radius 2 is 2.23 bits per heavy atom. The van der Waals surface area contributed by atoms with Crippen molar-refractivity contribution in [3.05, 3.63) is 0 Å². The topological polar surface area (TPSA) is 78.9 Å². The predicted molar refractivity (Wildman–Crippen MR) is 50.4 cm³/mol. The van der Waals surface area contributed by atoms with Gasteiger partial charge in [0.05, 0.1) is 0 Å². The Labute approximate surface area is 79.1 Å². The summed E-state index contributed by atoms with van der Waals surface area (Å²) in [5.41, 5.74) is 5.50. The number of carbonyl (C=O) groups is 1. The van der Waals surface area contributed by atoms with Crippen LogP contribution in [-0.2, 0) is 4.79 Å². The van der Waals surface area contributed by atoms with E-state index in [9.17, 15) is 4.79 Å². The van der Waals surface area contributed by atoms with Gasteiger partial charge in [0.2, 0.25) is 5.91 Å². The molecule has 4 heteroatoms. The lowest BCUT2D eigenvalue weighted by Gasteiger charge is -2.15. The predicted octanol–water partition coefficient (Wildman–Crippen LogP) is 0.595. The molecule has 0 heterocycles. The molecule has 0 saturated heterocycles. The maximum absolute atomic E-state index is 11.0. The van der Waals surface area contributed by atoms with Gasteiger partial charge in [0.1, 0.15) is 0 Å². The summed E-state index contributed by atoms with van der Waals surface area (Å²) in [6, 6.07) is 0. The van der Waals surface area contributed by atoms with Crippen LogP contribution in [-0.4, -0.2) is 12.5 Å². The maximum Gasteiger partial charge on any atom is 0.233 e. The van der Waals surface area contributed by atoms with Gasteiger partial charge in [0.15, 0.2) is 6.19 Å². The Morgan fingerprint density at radius 3 is 2.62 bits per heavy atom. The van der Waals surface area contributed by atoms with Gasteiger partial charge < -0.3 is 5.73 Å². The molecular weight excluding hydrogens is 166 g/mol. The summed E-state index contributed by atoms with van der Waals surface area (Å²) < 4.78 is 0. The van der Waals surface area contributed by atoms with Crippen LogP contribution in [0.4, 0.5) is 0 Å². The molecule has 74 valence electrons. The van der Waals surface area contributed by atoms with E-state index >= 15 is 0 Å². The number of nitrogens with one attached hydrogen (secondary N) is 1. The van der Waals surface area contributed by atoms with E-state index in [4.69, 9.17) is 11.0 Å². The van der Waals surface area contributed by atoms with E-state index in [-0.39, 0.29) is 11.8 Å². The summed E-state index contributed by atoms with van der Waals surface area (Å²) in [4.78, 5) is 11.0. The average Bonchev–Trinajstić information content (AvgIpc) is 2.02. The average molecular weight is 183 g/mol. The molecule has 0 fully saturated rings. The smallest absolute Gasteiger partial charge is 0.233 e. The van der Waals surface area contributed by atoms with Gasteiger partial charge in [-0.1, -0.05) is 13.8 Å². The van der Waals surface area contributed by atoms with Crippen molar-refractivity contribution in [3.63, 3.8) is 0 Å². The fourth-order valence-electron chi connectivity index (χ4n) is 1.31. The molecule has 1 unspecified atom stereocenters. The molecule has 1 amide bonds. The van der Waals surface area contributed by atoms with Crippen molar-refractivity contribution in [1.82, 2.24) is 5.32 Å². The highest BCUT2D eigenvalue weighted by molar-refractivity contribution is 5.77. The van der Waals surface area contributed by atoms with Crippen molar-refractivity contribution in [2.45, 2.75) is 26.7 Å². The summed E-state index contributed by atoms with van der Waals surface area (Å²) in [6.45, 7) is 4.67. The number of hydrogen-bond acceptors (Lipinski definition) is 3. The zero-order chi connectivity index (χ0) is 10.3. The van der Waals surface area contributed by atoms with E-state index in [1.54, 1.807) is 6.19 Å². The first kappa shape index (κ1) is 11.9. The van der Waals surface area contributed by atoms with Crippen molar-refractivity contribution in [3.8, 4) is 6.19 Å². The first-order valence-electron chi connectivity index (χ1n) is 4.48. The monoisotopic (exact) mass is 183 g/mol. The molecule has 0 aromatic carbocycles. The van der Waals surface area contributed by atoms with Gasteiger partial charge in [0, 0.05) is 6.42 Å². The SMILES string of the molecule is CC(C)CC(CN)CC(=O)NC#N. The van der Waals surface area contributed by atoms with Crippen molar-refractivity contribution in [2.75, 3.05) is 6.54 Å². The molecule has 3 N–H and O–H groups in total. The van der Waals surface area contributed by atoms with Crippen LogP contribution in [0.3, 0.4) is 0 Å². The van der Waals surface area contributed by atoms with Crippen molar-refractivity contribution < 1.29 is 4.79 Å². The third-order valence-electron chi connectivity index (χ3n) is 1.81. The van der Waals surface area contributed by atoms with Crippen LogP contribution in [0.25, 0.3) is 0 Å². The normalized spacial score (nSPS) is 12.2. The number of hydrogen-bond donors (Lipinski definition) is 2. The largest absolute Gasteiger partial charge is 0.330 e. The molecule has 4 nitrogen and oxygen atoms in total. The first-order valence-corrected chi connectivity index (χ1v) is 4.48. The highest BCUT2D eigenvalue weighted by Crippen LogP contribution is 2.13. The fraction of sp³-hybridized carbons (Fsp3) is 0.778. The molecule has 1 atom stereocenters. The summed E-state index contributed by atoms with van der Waals surface area (Å²) >= 11 is 0. The molecule has 0 bridgehead atoms. The van der Waals surface area contributed by atoms with E-state index < -0.39 is 0 Å². The number of carbonyl (C=O) groups excluding carboxylic acids is 1. The minimum atomic E-state index is -0.237. The lowest BCUT2D eigenvalue weighted by molar-refractivity contribution is -0.120. The van der Waals surface area contributed by atoms with Gasteiger partial charge >= 0.3 is 0 Å². The van der Waals surface area contributed by atoms with E-state index in [1.807, 2.05) is 0 Å². The Kier molecular flexibility index (Phi) is 5.90. The number of nitriles is 1. The maximum atomic E-state index is 11.0. The molecule has 0 aliphatic carbocycles. The zero-order valence-corrected chi connectivity index (χ0v) is 8.21. The van der Waals surface area contributed by atoms with E-state index in [2.05, 4.69) is 19.2 Å². The van der Waals surface area contributed by atoms with Gasteiger partial charge in [-0.05, 0) is 24.8 Å². The van der Waals surface area contributed by atoms with Crippen LogP contribution in [0.2, 0.25) is 0 Å². The van der Waals surface area contributed by atoms with Crippen LogP contribution in [0.15, 0.2) is 0 Å². The molecule has 0 radical (unpaired) electrons. The van der Waals surface area contributed by atoms with Gasteiger partial charge in [0.25, 0.3) is 0 Å². The summed E-state index contributed by atoms with van der Waals surface area (Å²) in [5, 5.41) is 10.3. The molecule has 0 aromatic rings. The van der Waals surface area contributed by atoms with Gasteiger partial charge in [-0.15, -0.1) is 0 Å². The second-order valence-corrected chi connectivity index (χ2v) is 3.60. The quantitative estimate of drug-likeness (QED) is 0.483. The first-order chi connectivity index (χ1) is 6.10. The Morgan fingerprint density at radius 1 is 1.62 bits per heavy atom. The van der Waals surface area contributed by atoms with Crippen LogP contribution >= 0.6 is 0 Å². The van der Waals surface area contributed by atoms with E-state index in [0.717, 1.165) is 6.42 Å². The molecule has 0 saturated carbocycles. The third-order valence-corrected chi connectivity index (χ3v) is 1.81. The van der Waals surface area contributed by atoms with Gasteiger partial charge in [-0.3, -0.25) is 10.1 Å². The third kappa shape index (κ3) is 6.12. The van der Waals surface area contributed by atoms with Crippen LogP contribution in [0.5, 0.6) is 0 Å². The highest BCUT2D eigenvalue weighted by Gasteiger charge is 2.13. The Bertz CT molecular complexity index is 196. The van der Waals surface area contributed by atoms with Crippen molar-refractivity contribution in [1.29, 1.82) is 5.26 Å². The Hall–Kier alpha value is -1.08. The van der Waals surface area contributed by atoms with E-state index in [1.165, 1.54) is 0 Å².